The molecule has 1 nitrogen and oxygen atoms in total. The largest absolute Gasteiger partial charge is 0.393 e. The molecule has 0 radical (unpaired) electrons. The molecule has 0 heterocycles. The molecule has 0 aliphatic carbocycles. The van der Waals surface area contributed by atoms with Gasteiger partial charge in [0.1, 0.15) is 0 Å². The van der Waals surface area contributed by atoms with E-state index in [4.69, 9.17) is 29.6 Å². The molecule has 1 unspecified atom stereocenters. The lowest BCUT2D eigenvalue weighted by Crippen LogP contribution is -2.12. The summed E-state index contributed by atoms with van der Waals surface area (Å²) in [6.07, 6.45) is 1.81. The number of nitrogens with two attached hydrogens (primary N) is 1. The Kier molecular flexibility index (Phi) is 4.36. The van der Waals surface area contributed by atoms with Crippen molar-refractivity contribution in [3.63, 3.8) is 0 Å². The van der Waals surface area contributed by atoms with E-state index in [-0.39, 0.29) is 0 Å². The lowest BCUT2D eigenvalue weighted by atomic mass is 9.93. The standard InChI is InChI=1S/C11H14ClNS/c1-2-8(7-11(13)14)9-3-5-10(12)6-4-9/h3-6,8H,2,7H2,1H3,(H2,13,14). The van der Waals surface area contributed by atoms with E-state index < -0.39 is 0 Å². The number of rotatable bonds is 4. The van der Waals surface area contributed by atoms with Crippen molar-refractivity contribution >= 4 is 28.8 Å². The molecule has 14 heavy (non-hydrogen) atoms. The van der Waals surface area contributed by atoms with Gasteiger partial charge in [0, 0.05) is 11.4 Å². The molecule has 0 saturated carbocycles. The first kappa shape index (κ1) is 11.5. The van der Waals surface area contributed by atoms with E-state index in [1.165, 1.54) is 5.56 Å². The smallest absolute Gasteiger partial charge is 0.0733 e. The summed E-state index contributed by atoms with van der Waals surface area (Å²) in [6, 6.07) is 7.88. The van der Waals surface area contributed by atoms with Gasteiger partial charge < -0.3 is 5.73 Å². The zero-order valence-electron chi connectivity index (χ0n) is 8.16. The minimum atomic E-state index is 0.421. The third kappa shape index (κ3) is 3.28. The van der Waals surface area contributed by atoms with Gasteiger partial charge in [-0.25, -0.2) is 0 Å². The van der Waals surface area contributed by atoms with E-state index in [1.807, 2.05) is 24.3 Å². The Morgan fingerprint density at radius 2 is 2.00 bits per heavy atom. The lowest BCUT2D eigenvalue weighted by molar-refractivity contribution is 0.693. The van der Waals surface area contributed by atoms with Crippen molar-refractivity contribution in [1.82, 2.24) is 0 Å². The summed E-state index contributed by atoms with van der Waals surface area (Å²) in [7, 11) is 0. The fraction of sp³-hybridized carbons (Fsp3) is 0.364. The van der Waals surface area contributed by atoms with Gasteiger partial charge in [0.2, 0.25) is 0 Å². The van der Waals surface area contributed by atoms with Crippen molar-refractivity contribution in [3.05, 3.63) is 34.9 Å². The van der Waals surface area contributed by atoms with Crippen molar-refractivity contribution in [2.24, 2.45) is 5.73 Å². The second-order valence-electron chi connectivity index (χ2n) is 3.33. The summed E-state index contributed by atoms with van der Waals surface area (Å²) >= 11 is 10.7. The van der Waals surface area contributed by atoms with E-state index in [9.17, 15) is 0 Å². The van der Waals surface area contributed by atoms with Crippen molar-refractivity contribution in [3.8, 4) is 0 Å². The topological polar surface area (TPSA) is 26.0 Å². The summed E-state index contributed by atoms with van der Waals surface area (Å²) in [5.41, 5.74) is 6.80. The van der Waals surface area contributed by atoms with E-state index in [0.29, 0.717) is 10.9 Å². The van der Waals surface area contributed by atoms with Gasteiger partial charge in [-0.15, -0.1) is 0 Å². The molecule has 1 atom stereocenters. The van der Waals surface area contributed by atoms with Gasteiger partial charge >= 0.3 is 0 Å². The van der Waals surface area contributed by atoms with Crippen LogP contribution in [0.4, 0.5) is 0 Å². The van der Waals surface area contributed by atoms with Crippen LogP contribution in [0.25, 0.3) is 0 Å². The maximum atomic E-state index is 5.81. The van der Waals surface area contributed by atoms with E-state index in [2.05, 4.69) is 6.92 Å². The van der Waals surface area contributed by atoms with Gasteiger partial charge in [-0.1, -0.05) is 42.9 Å². The minimum Gasteiger partial charge on any atom is -0.393 e. The maximum absolute atomic E-state index is 5.81. The Labute approximate surface area is 95.3 Å². The Balaban J connectivity index is 2.78. The third-order valence-electron chi connectivity index (χ3n) is 2.28. The van der Waals surface area contributed by atoms with Crippen molar-refractivity contribution in [2.45, 2.75) is 25.7 Å². The molecule has 2 N–H and O–H groups in total. The highest BCUT2D eigenvalue weighted by Crippen LogP contribution is 2.24. The highest BCUT2D eigenvalue weighted by Gasteiger charge is 2.09. The van der Waals surface area contributed by atoms with Crippen LogP contribution in [0.2, 0.25) is 5.02 Å². The number of hydrogen-bond donors (Lipinski definition) is 1. The average Bonchev–Trinajstić information content (AvgIpc) is 2.15. The first-order valence-electron chi connectivity index (χ1n) is 4.67. The van der Waals surface area contributed by atoms with E-state index in [0.717, 1.165) is 17.9 Å². The van der Waals surface area contributed by atoms with Crippen LogP contribution in [0.1, 0.15) is 31.2 Å². The summed E-state index contributed by atoms with van der Waals surface area (Å²) in [5.74, 6) is 0.421. The monoisotopic (exact) mass is 227 g/mol. The van der Waals surface area contributed by atoms with Crippen molar-refractivity contribution in [2.75, 3.05) is 0 Å². The molecule has 1 aromatic rings. The van der Waals surface area contributed by atoms with Gasteiger partial charge in [0.05, 0.1) is 4.99 Å². The fourth-order valence-corrected chi connectivity index (χ4v) is 1.80. The highest BCUT2D eigenvalue weighted by molar-refractivity contribution is 7.80. The van der Waals surface area contributed by atoms with Crippen LogP contribution < -0.4 is 5.73 Å². The highest BCUT2D eigenvalue weighted by atomic mass is 35.5. The average molecular weight is 228 g/mol. The van der Waals surface area contributed by atoms with E-state index in [1.54, 1.807) is 0 Å². The molecule has 0 aliphatic heterocycles. The van der Waals surface area contributed by atoms with Gasteiger partial charge in [0.25, 0.3) is 0 Å². The summed E-state index contributed by atoms with van der Waals surface area (Å²) < 4.78 is 0. The molecule has 0 aliphatic rings. The SMILES string of the molecule is CCC(CC(N)=S)c1ccc(Cl)cc1. The van der Waals surface area contributed by atoms with Crippen LogP contribution in [0.5, 0.6) is 0 Å². The molecule has 0 amide bonds. The Hall–Kier alpha value is -0.600. The molecule has 0 fully saturated rings. The normalized spacial score (nSPS) is 12.4. The maximum Gasteiger partial charge on any atom is 0.0733 e. The molecule has 1 rings (SSSR count). The third-order valence-corrected chi connectivity index (χ3v) is 2.70. The van der Waals surface area contributed by atoms with Crippen molar-refractivity contribution < 1.29 is 0 Å². The van der Waals surface area contributed by atoms with Crippen LogP contribution in [-0.4, -0.2) is 4.99 Å². The molecule has 0 spiro atoms. The number of halogens is 1. The Bertz CT molecular complexity index is 308. The predicted molar refractivity (Wildman–Crippen MR) is 65.9 cm³/mol. The molecule has 1 aromatic carbocycles. The second kappa shape index (κ2) is 5.32. The zero-order valence-corrected chi connectivity index (χ0v) is 9.74. The molecule has 3 heteroatoms. The van der Waals surface area contributed by atoms with Crippen LogP contribution in [-0.2, 0) is 0 Å². The van der Waals surface area contributed by atoms with Gasteiger partial charge in [-0.2, -0.15) is 0 Å². The van der Waals surface area contributed by atoms with E-state index >= 15 is 0 Å². The van der Waals surface area contributed by atoms with Crippen molar-refractivity contribution in [1.29, 1.82) is 0 Å². The number of hydrogen-bond acceptors (Lipinski definition) is 1. The zero-order chi connectivity index (χ0) is 10.6. The lowest BCUT2D eigenvalue weighted by Gasteiger charge is -2.14. The molecule has 0 bridgehead atoms. The molecular weight excluding hydrogens is 214 g/mol. The number of thiocarbonyl (C=S) groups is 1. The fourth-order valence-electron chi connectivity index (χ4n) is 1.48. The Morgan fingerprint density at radius 1 is 1.43 bits per heavy atom. The Morgan fingerprint density at radius 3 is 2.43 bits per heavy atom. The summed E-state index contributed by atoms with van der Waals surface area (Å²) in [6.45, 7) is 2.14. The van der Waals surface area contributed by atoms with Gasteiger partial charge in [0.15, 0.2) is 0 Å². The van der Waals surface area contributed by atoms with Crippen LogP contribution in [0.3, 0.4) is 0 Å². The molecule has 76 valence electrons. The molecular formula is C11H14ClNS. The van der Waals surface area contributed by atoms with Crippen LogP contribution >= 0.6 is 23.8 Å². The summed E-state index contributed by atoms with van der Waals surface area (Å²) in [4.78, 5) is 0.576. The second-order valence-corrected chi connectivity index (χ2v) is 4.29. The quantitative estimate of drug-likeness (QED) is 0.797. The first-order chi connectivity index (χ1) is 6.63. The van der Waals surface area contributed by atoms with Gasteiger partial charge in [-0.3, -0.25) is 0 Å². The molecule has 0 saturated heterocycles. The minimum absolute atomic E-state index is 0.421. The first-order valence-corrected chi connectivity index (χ1v) is 5.46. The van der Waals surface area contributed by atoms with Gasteiger partial charge in [-0.05, 0) is 30.0 Å². The summed E-state index contributed by atoms with van der Waals surface area (Å²) in [5, 5.41) is 0.763. The number of benzene rings is 1. The van der Waals surface area contributed by atoms with Crippen LogP contribution in [0.15, 0.2) is 24.3 Å². The van der Waals surface area contributed by atoms with Crippen LogP contribution in [0, 0.1) is 0 Å². The molecule has 0 aromatic heterocycles. The predicted octanol–water partition coefficient (Wildman–Crippen LogP) is 3.51.